The van der Waals surface area contributed by atoms with Gasteiger partial charge >= 0.3 is 0 Å². The molecule has 0 radical (unpaired) electrons. The van der Waals surface area contributed by atoms with Gasteiger partial charge in [0.15, 0.2) is 0 Å². The number of benzene rings is 2. The highest BCUT2D eigenvalue weighted by Gasteiger charge is 2.34. The monoisotopic (exact) mass is 425 g/mol. The van der Waals surface area contributed by atoms with Crippen LogP contribution in [0.3, 0.4) is 0 Å². The maximum Gasteiger partial charge on any atom is 0.243 e. The number of hydrogen-bond donors (Lipinski definition) is 1. The van der Waals surface area contributed by atoms with Gasteiger partial charge in [0, 0.05) is 48.9 Å². The number of fused-ring (bicyclic) bond motifs is 1. The molecular formula is C22H23N3O4S. The molecule has 1 aliphatic rings. The Hall–Kier alpha value is -2.81. The minimum atomic E-state index is -3.70. The Bertz CT molecular complexity index is 1170. The number of ether oxygens (including phenoxy) is 1. The first-order chi connectivity index (χ1) is 14.4. The number of amides is 1. The van der Waals surface area contributed by atoms with Crippen molar-refractivity contribution in [2.75, 3.05) is 18.4 Å². The van der Waals surface area contributed by atoms with Crippen molar-refractivity contribution in [1.29, 1.82) is 0 Å². The highest BCUT2D eigenvalue weighted by molar-refractivity contribution is 7.89. The highest BCUT2D eigenvalue weighted by Crippen LogP contribution is 2.32. The number of hydrogen-bond acceptors (Lipinski definition) is 5. The average Bonchev–Trinajstić information content (AvgIpc) is 3.23. The van der Waals surface area contributed by atoms with Crippen LogP contribution in [0.1, 0.15) is 18.9 Å². The van der Waals surface area contributed by atoms with E-state index in [0.29, 0.717) is 42.6 Å². The number of nitrogens with one attached hydrogen (secondary N) is 1. The van der Waals surface area contributed by atoms with E-state index in [4.69, 9.17) is 4.74 Å². The molecule has 1 N–H and O–H groups in total. The molecule has 1 fully saturated rings. The molecule has 1 aliphatic heterocycles. The molecule has 1 atom stereocenters. The van der Waals surface area contributed by atoms with Gasteiger partial charge in [0.2, 0.25) is 15.9 Å². The Morgan fingerprint density at radius 2 is 1.87 bits per heavy atom. The van der Waals surface area contributed by atoms with Crippen LogP contribution in [0.15, 0.2) is 65.8 Å². The first kappa shape index (κ1) is 20.5. The Labute approximate surface area is 175 Å². The van der Waals surface area contributed by atoms with Gasteiger partial charge < -0.3 is 10.1 Å². The van der Waals surface area contributed by atoms with Crippen molar-refractivity contribution in [3.63, 3.8) is 0 Å². The van der Waals surface area contributed by atoms with Crippen molar-refractivity contribution in [2.24, 2.45) is 0 Å². The van der Waals surface area contributed by atoms with Gasteiger partial charge in [-0.15, -0.1) is 0 Å². The van der Waals surface area contributed by atoms with Crippen molar-refractivity contribution in [3.05, 3.63) is 66.5 Å². The molecular weight excluding hydrogens is 402 g/mol. The summed E-state index contributed by atoms with van der Waals surface area (Å²) in [5.74, 6) is -0.204. The molecule has 7 nitrogen and oxygen atoms in total. The largest absolute Gasteiger partial charge is 0.372 e. The highest BCUT2D eigenvalue weighted by atomic mass is 32.2. The lowest BCUT2D eigenvalue weighted by Crippen LogP contribution is -2.30. The van der Waals surface area contributed by atoms with Crippen molar-refractivity contribution in [1.82, 2.24) is 9.29 Å². The molecule has 0 bridgehead atoms. The SMILES string of the molecule is CC(=O)Nc1ccc(S(=O)(=O)N2CC[C@@H](OCc3ccncc3)C2)c2ccccc12. The first-order valence-electron chi connectivity index (χ1n) is 9.75. The predicted octanol–water partition coefficient (Wildman–Crippen LogP) is 3.17. The van der Waals surface area contributed by atoms with E-state index in [2.05, 4.69) is 10.3 Å². The summed E-state index contributed by atoms with van der Waals surface area (Å²) in [5.41, 5.74) is 1.60. The number of carbonyl (C=O) groups is 1. The van der Waals surface area contributed by atoms with Gasteiger partial charge in [0.1, 0.15) is 0 Å². The number of nitrogens with zero attached hydrogens (tertiary/aromatic N) is 2. The van der Waals surface area contributed by atoms with Crippen molar-refractivity contribution in [3.8, 4) is 0 Å². The van der Waals surface area contributed by atoms with E-state index in [1.165, 1.54) is 11.2 Å². The van der Waals surface area contributed by atoms with Crippen molar-refractivity contribution >= 4 is 32.4 Å². The van der Waals surface area contributed by atoms with E-state index in [9.17, 15) is 13.2 Å². The van der Waals surface area contributed by atoms with E-state index in [1.54, 1.807) is 36.7 Å². The first-order valence-corrected chi connectivity index (χ1v) is 11.2. The minimum Gasteiger partial charge on any atom is -0.372 e. The summed E-state index contributed by atoms with van der Waals surface area (Å²) in [6.07, 6.45) is 3.91. The quantitative estimate of drug-likeness (QED) is 0.655. The third-order valence-electron chi connectivity index (χ3n) is 5.16. The molecule has 2 heterocycles. The van der Waals surface area contributed by atoms with Crippen LogP contribution in [-0.2, 0) is 26.2 Å². The summed E-state index contributed by atoms with van der Waals surface area (Å²) in [6.45, 7) is 2.57. The van der Waals surface area contributed by atoms with Crippen LogP contribution in [0.5, 0.6) is 0 Å². The van der Waals surface area contributed by atoms with Crippen molar-refractivity contribution in [2.45, 2.75) is 31.0 Å². The normalized spacial score (nSPS) is 17.3. The summed E-state index contributed by atoms with van der Waals surface area (Å²) in [5, 5.41) is 4.04. The Kier molecular flexibility index (Phi) is 5.80. The summed E-state index contributed by atoms with van der Waals surface area (Å²) in [4.78, 5) is 15.7. The maximum atomic E-state index is 13.4. The molecule has 0 aliphatic carbocycles. The van der Waals surface area contributed by atoms with Crippen LogP contribution in [0.2, 0.25) is 0 Å². The van der Waals surface area contributed by atoms with Gasteiger partial charge in [-0.2, -0.15) is 4.31 Å². The number of rotatable bonds is 6. The molecule has 0 unspecified atom stereocenters. The molecule has 1 amide bonds. The van der Waals surface area contributed by atoms with Gasteiger partial charge in [0.05, 0.1) is 17.6 Å². The summed E-state index contributed by atoms with van der Waals surface area (Å²) in [6, 6.07) is 14.2. The van der Waals surface area contributed by atoms with Gasteiger partial charge in [-0.1, -0.05) is 24.3 Å². The topological polar surface area (TPSA) is 88.6 Å². The molecule has 0 spiro atoms. The van der Waals surface area contributed by atoms with Crippen LogP contribution >= 0.6 is 0 Å². The Morgan fingerprint density at radius 3 is 2.60 bits per heavy atom. The van der Waals surface area contributed by atoms with E-state index < -0.39 is 10.0 Å². The smallest absolute Gasteiger partial charge is 0.243 e. The lowest BCUT2D eigenvalue weighted by atomic mass is 10.1. The molecule has 0 saturated carbocycles. The second-order valence-corrected chi connectivity index (χ2v) is 9.18. The van der Waals surface area contributed by atoms with Gasteiger partial charge in [-0.05, 0) is 36.2 Å². The van der Waals surface area contributed by atoms with Gasteiger partial charge in [-0.3, -0.25) is 9.78 Å². The lowest BCUT2D eigenvalue weighted by Gasteiger charge is -2.19. The third-order valence-corrected chi connectivity index (χ3v) is 7.08. The molecule has 156 valence electrons. The number of carbonyl (C=O) groups excluding carboxylic acids is 1. The molecule has 2 aromatic carbocycles. The van der Waals surface area contributed by atoms with E-state index in [-0.39, 0.29) is 16.9 Å². The zero-order chi connectivity index (χ0) is 21.1. The van der Waals surface area contributed by atoms with E-state index in [0.717, 1.165) is 5.56 Å². The molecule has 30 heavy (non-hydrogen) atoms. The van der Waals surface area contributed by atoms with E-state index >= 15 is 0 Å². The summed E-state index contributed by atoms with van der Waals surface area (Å²) in [7, 11) is -3.70. The predicted molar refractivity (Wildman–Crippen MR) is 114 cm³/mol. The molecule has 4 rings (SSSR count). The molecule has 1 aromatic heterocycles. The molecule has 1 saturated heterocycles. The second kappa shape index (κ2) is 8.51. The number of aromatic nitrogens is 1. The average molecular weight is 426 g/mol. The third kappa shape index (κ3) is 4.21. The van der Waals surface area contributed by atoms with Crippen LogP contribution in [0, 0.1) is 0 Å². The van der Waals surface area contributed by atoms with Gasteiger partial charge in [-0.25, -0.2) is 8.42 Å². The van der Waals surface area contributed by atoms with Crippen LogP contribution in [0.25, 0.3) is 10.8 Å². The molecule has 8 heteroatoms. The van der Waals surface area contributed by atoms with Crippen LogP contribution < -0.4 is 5.32 Å². The summed E-state index contributed by atoms with van der Waals surface area (Å²) >= 11 is 0. The maximum absolute atomic E-state index is 13.4. The number of anilines is 1. The minimum absolute atomic E-state index is 0.155. The second-order valence-electron chi connectivity index (χ2n) is 7.28. The Morgan fingerprint density at radius 1 is 1.13 bits per heavy atom. The van der Waals surface area contributed by atoms with E-state index in [1.807, 2.05) is 24.3 Å². The number of sulfonamides is 1. The lowest BCUT2D eigenvalue weighted by molar-refractivity contribution is -0.114. The zero-order valence-electron chi connectivity index (χ0n) is 16.6. The van der Waals surface area contributed by atoms with Crippen LogP contribution in [0.4, 0.5) is 5.69 Å². The Balaban J connectivity index is 1.55. The molecule has 3 aromatic rings. The fourth-order valence-electron chi connectivity index (χ4n) is 3.68. The standard InChI is InChI=1S/C22H23N3O4S/c1-16(26)24-21-6-7-22(20-5-3-2-4-19(20)21)30(27,28)25-13-10-18(14-25)29-15-17-8-11-23-12-9-17/h2-9,11-12,18H,10,13-15H2,1H3,(H,24,26)/t18-/m1/s1. The van der Waals surface area contributed by atoms with Crippen LogP contribution in [-0.4, -0.2) is 42.8 Å². The summed E-state index contributed by atoms with van der Waals surface area (Å²) < 4.78 is 34.1. The fourth-order valence-corrected chi connectivity index (χ4v) is 5.36. The van der Waals surface area contributed by atoms with Gasteiger partial charge in [0.25, 0.3) is 0 Å². The number of pyridine rings is 1. The van der Waals surface area contributed by atoms with Crippen molar-refractivity contribution < 1.29 is 17.9 Å². The zero-order valence-corrected chi connectivity index (χ0v) is 17.4. The fraction of sp³-hybridized carbons (Fsp3) is 0.273.